The van der Waals surface area contributed by atoms with Crippen molar-refractivity contribution in [3.8, 4) is 5.75 Å². The Kier molecular flexibility index (Phi) is 5.85. The molecule has 0 fully saturated rings. The second-order valence-corrected chi connectivity index (χ2v) is 4.85. The van der Waals surface area contributed by atoms with E-state index < -0.39 is 12.6 Å². The van der Waals surface area contributed by atoms with E-state index in [1.54, 1.807) is 18.2 Å². The lowest BCUT2D eigenvalue weighted by atomic mass is 10.2. The summed E-state index contributed by atoms with van der Waals surface area (Å²) in [5.74, 6) is -0.123. The van der Waals surface area contributed by atoms with E-state index in [1.807, 2.05) is 36.4 Å². The van der Waals surface area contributed by atoms with Crippen LogP contribution in [0.4, 0.5) is 10.1 Å². The van der Waals surface area contributed by atoms with Crippen LogP contribution < -0.4 is 15.4 Å². The molecule has 0 aliphatic rings. The molecule has 2 N–H and O–H groups in total. The lowest BCUT2D eigenvalue weighted by Gasteiger charge is -2.11. The summed E-state index contributed by atoms with van der Waals surface area (Å²) in [6.45, 7) is -0.657. The molecule has 0 atom stereocenters. The largest absolute Gasteiger partial charge is 0.489 e. The molecular formula is C16H15FN2O2S. The van der Waals surface area contributed by atoms with Gasteiger partial charge in [-0.2, -0.15) is 0 Å². The average Bonchev–Trinajstić information content (AvgIpc) is 2.54. The van der Waals surface area contributed by atoms with E-state index in [2.05, 4.69) is 10.6 Å². The minimum Gasteiger partial charge on any atom is -0.489 e. The van der Waals surface area contributed by atoms with Crippen LogP contribution in [0.1, 0.15) is 5.56 Å². The van der Waals surface area contributed by atoms with Crippen molar-refractivity contribution in [3.63, 3.8) is 0 Å². The smallest absolute Gasteiger partial charge is 0.257 e. The maximum Gasteiger partial charge on any atom is 0.257 e. The molecule has 22 heavy (non-hydrogen) atoms. The van der Waals surface area contributed by atoms with Gasteiger partial charge in [0, 0.05) is 11.8 Å². The molecule has 1 amide bonds. The number of carbonyl (C=O) groups excluding carboxylic acids is 1. The lowest BCUT2D eigenvalue weighted by Crippen LogP contribution is -2.35. The Bertz CT molecular complexity index is 650. The van der Waals surface area contributed by atoms with Crippen LogP contribution in [0.3, 0.4) is 0 Å². The molecule has 4 nitrogen and oxygen atoms in total. The van der Waals surface area contributed by atoms with Crippen LogP contribution >= 0.6 is 12.2 Å². The number of halogens is 1. The van der Waals surface area contributed by atoms with Gasteiger partial charge in [-0.25, -0.2) is 4.39 Å². The van der Waals surface area contributed by atoms with Gasteiger partial charge in [-0.1, -0.05) is 36.4 Å². The quantitative estimate of drug-likeness (QED) is 0.832. The molecular weight excluding hydrogens is 303 g/mol. The van der Waals surface area contributed by atoms with Gasteiger partial charge in [0.25, 0.3) is 5.91 Å². The van der Waals surface area contributed by atoms with Gasteiger partial charge in [0.05, 0.1) is 0 Å². The molecule has 2 aromatic rings. The predicted octanol–water partition coefficient (Wildman–Crippen LogP) is 3.05. The number of thiocarbonyl (C=S) groups is 1. The van der Waals surface area contributed by atoms with Gasteiger partial charge in [-0.15, -0.1) is 0 Å². The number of hydrogen-bond donors (Lipinski definition) is 2. The molecule has 0 saturated heterocycles. The van der Waals surface area contributed by atoms with Gasteiger partial charge in [0.1, 0.15) is 12.4 Å². The summed E-state index contributed by atoms with van der Waals surface area (Å²) in [5.41, 5.74) is 1.71. The van der Waals surface area contributed by atoms with E-state index in [1.165, 1.54) is 0 Å². The summed E-state index contributed by atoms with van der Waals surface area (Å²) in [5, 5.41) is 5.06. The van der Waals surface area contributed by atoms with E-state index in [9.17, 15) is 9.18 Å². The van der Waals surface area contributed by atoms with E-state index >= 15 is 0 Å². The molecule has 0 unspecified atom stereocenters. The van der Waals surface area contributed by atoms with Gasteiger partial charge in [0.15, 0.2) is 11.8 Å². The van der Waals surface area contributed by atoms with Crippen molar-refractivity contribution >= 4 is 28.9 Å². The topological polar surface area (TPSA) is 50.4 Å². The van der Waals surface area contributed by atoms with Crippen LogP contribution in [0.25, 0.3) is 0 Å². The first-order valence-electron chi connectivity index (χ1n) is 6.61. The van der Waals surface area contributed by atoms with Gasteiger partial charge >= 0.3 is 0 Å². The number of hydrogen-bond acceptors (Lipinski definition) is 3. The molecule has 0 saturated carbocycles. The Labute approximate surface area is 133 Å². The Morgan fingerprint density at radius 3 is 2.64 bits per heavy atom. The fourth-order valence-corrected chi connectivity index (χ4v) is 1.96. The minimum absolute atomic E-state index is 0.0443. The number of rotatable bonds is 5. The zero-order chi connectivity index (χ0) is 15.8. The standard InChI is InChI=1S/C16H15FN2O2S/c17-10-15(20)19-16(22)18-13-7-4-8-14(9-13)21-11-12-5-2-1-3-6-12/h1-9H,10-11H2,(H2,18,19,20,22). The van der Waals surface area contributed by atoms with Crippen LogP contribution in [-0.2, 0) is 11.4 Å². The number of ether oxygens (including phenoxy) is 1. The number of alkyl halides is 1. The normalized spacial score (nSPS) is 9.86. The van der Waals surface area contributed by atoms with Gasteiger partial charge in [-0.3, -0.25) is 4.79 Å². The van der Waals surface area contributed by atoms with E-state index in [-0.39, 0.29) is 5.11 Å². The highest BCUT2D eigenvalue weighted by Crippen LogP contribution is 2.18. The van der Waals surface area contributed by atoms with Gasteiger partial charge < -0.3 is 15.4 Å². The van der Waals surface area contributed by atoms with E-state index in [4.69, 9.17) is 17.0 Å². The van der Waals surface area contributed by atoms with E-state index in [0.717, 1.165) is 5.56 Å². The number of anilines is 1. The molecule has 114 valence electrons. The summed E-state index contributed by atoms with van der Waals surface area (Å²) in [4.78, 5) is 10.9. The van der Waals surface area contributed by atoms with Crippen molar-refractivity contribution in [3.05, 3.63) is 60.2 Å². The molecule has 0 radical (unpaired) electrons. The summed E-state index contributed by atoms with van der Waals surface area (Å²) in [6, 6.07) is 16.9. The molecule has 6 heteroatoms. The van der Waals surface area contributed by atoms with Crippen molar-refractivity contribution in [2.75, 3.05) is 12.0 Å². The summed E-state index contributed by atoms with van der Waals surface area (Å²) in [7, 11) is 0. The fraction of sp³-hybridized carbons (Fsp3) is 0.125. The first kappa shape index (κ1) is 15.9. The molecule has 2 rings (SSSR count). The van der Waals surface area contributed by atoms with Crippen molar-refractivity contribution in [2.24, 2.45) is 0 Å². The van der Waals surface area contributed by atoms with Crippen molar-refractivity contribution in [1.82, 2.24) is 5.32 Å². The first-order chi connectivity index (χ1) is 10.7. The van der Waals surface area contributed by atoms with Crippen LogP contribution in [0, 0.1) is 0 Å². The fourth-order valence-electron chi connectivity index (χ4n) is 1.73. The third-order valence-corrected chi connectivity index (χ3v) is 2.92. The third kappa shape index (κ3) is 5.14. The SMILES string of the molecule is O=C(CF)NC(=S)Nc1cccc(OCc2ccccc2)c1. The van der Waals surface area contributed by atoms with Crippen molar-refractivity contribution in [2.45, 2.75) is 6.61 Å². The van der Waals surface area contributed by atoms with Gasteiger partial charge in [0.2, 0.25) is 0 Å². The summed E-state index contributed by atoms with van der Waals surface area (Å²) in [6.07, 6.45) is 0. The third-order valence-electron chi connectivity index (χ3n) is 2.71. The molecule has 0 aromatic heterocycles. The van der Waals surface area contributed by atoms with Crippen molar-refractivity contribution in [1.29, 1.82) is 0 Å². The average molecular weight is 318 g/mol. The Morgan fingerprint density at radius 2 is 1.91 bits per heavy atom. The van der Waals surface area contributed by atoms with Crippen LogP contribution in [0.15, 0.2) is 54.6 Å². The lowest BCUT2D eigenvalue weighted by molar-refractivity contribution is -0.120. The highest BCUT2D eigenvalue weighted by Gasteiger charge is 2.04. The van der Waals surface area contributed by atoms with Crippen LogP contribution in [0.5, 0.6) is 5.75 Å². The second-order valence-electron chi connectivity index (χ2n) is 4.44. The van der Waals surface area contributed by atoms with Crippen molar-refractivity contribution < 1.29 is 13.9 Å². The highest BCUT2D eigenvalue weighted by atomic mass is 32.1. The summed E-state index contributed by atoms with van der Waals surface area (Å²) >= 11 is 4.91. The number of carbonyl (C=O) groups is 1. The van der Waals surface area contributed by atoms with Crippen LogP contribution in [-0.4, -0.2) is 17.7 Å². The number of benzene rings is 2. The highest BCUT2D eigenvalue weighted by molar-refractivity contribution is 7.80. The maximum absolute atomic E-state index is 12.1. The molecule has 0 heterocycles. The molecule has 0 spiro atoms. The predicted molar refractivity (Wildman–Crippen MR) is 87.6 cm³/mol. The zero-order valence-electron chi connectivity index (χ0n) is 11.7. The zero-order valence-corrected chi connectivity index (χ0v) is 12.5. The van der Waals surface area contributed by atoms with E-state index in [0.29, 0.717) is 18.0 Å². The monoisotopic (exact) mass is 318 g/mol. The maximum atomic E-state index is 12.1. The summed E-state index contributed by atoms with van der Waals surface area (Å²) < 4.78 is 17.8. The van der Waals surface area contributed by atoms with Gasteiger partial charge in [-0.05, 0) is 29.9 Å². The Hall–Kier alpha value is -2.47. The molecule has 0 bridgehead atoms. The molecule has 0 aliphatic carbocycles. The molecule has 0 aliphatic heterocycles. The van der Waals surface area contributed by atoms with Crippen LogP contribution in [0.2, 0.25) is 0 Å². The molecule has 2 aromatic carbocycles. The number of amides is 1. The number of nitrogens with one attached hydrogen (secondary N) is 2. The first-order valence-corrected chi connectivity index (χ1v) is 7.02. The Morgan fingerprint density at radius 1 is 1.14 bits per heavy atom. The second kappa shape index (κ2) is 8.09. The Balaban J connectivity index is 1.92. The minimum atomic E-state index is -1.11.